The Balaban J connectivity index is 2.01. The SMILES string of the molecule is Cc1ccc(NC(=O)Cn2cc(CN)nn2)c(F)c1. The third-order valence-corrected chi connectivity index (χ3v) is 2.50. The maximum Gasteiger partial charge on any atom is 0.246 e. The first-order valence-electron chi connectivity index (χ1n) is 5.73. The van der Waals surface area contributed by atoms with E-state index in [2.05, 4.69) is 15.6 Å². The first-order valence-corrected chi connectivity index (χ1v) is 5.73. The van der Waals surface area contributed by atoms with E-state index in [0.29, 0.717) is 5.69 Å². The minimum atomic E-state index is -0.463. The van der Waals surface area contributed by atoms with Crippen molar-refractivity contribution in [2.45, 2.75) is 20.0 Å². The molecule has 1 aromatic carbocycles. The molecule has 1 aromatic heterocycles. The van der Waals surface area contributed by atoms with Gasteiger partial charge in [-0.25, -0.2) is 9.07 Å². The number of benzene rings is 1. The standard InChI is InChI=1S/C12H14FN5O/c1-8-2-3-11(10(13)4-8)15-12(19)7-18-6-9(5-14)16-17-18/h2-4,6H,5,7,14H2,1H3,(H,15,19). The molecule has 0 saturated carbocycles. The summed E-state index contributed by atoms with van der Waals surface area (Å²) in [6, 6.07) is 4.60. The molecule has 1 heterocycles. The molecule has 0 aliphatic heterocycles. The number of nitrogens with two attached hydrogens (primary N) is 1. The predicted molar refractivity (Wildman–Crippen MR) is 67.7 cm³/mol. The lowest BCUT2D eigenvalue weighted by Crippen LogP contribution is -2.19. The van der Waals surface area contributed by atoms with Crippen molar-refractivity contribution in [3.05, 3.63) is 41.5 Å². The van der Waals surface area contributed by atoms with Crippen LogP contribution in [0.2, 0.25) is 0 Å². The van der Waals surface area contributed by atoms with Crippen LogP contribution in [0.5, 0.6) is 0 Å². The second kappa shape index (κ2) is 5.57. The summed E-state index contributed by atoms with van der Waals surface area (Å²) in [5.41, 5.74) is 6.92. The maximum atomic E-state index is 13.5. The van der Waals surface area contributed by atoms with Gasteiger partial charge in [0.25, 0.3) is 0 Å². The van der Waals surface area contributed by atoms with Crippen LogP contribution in [0, 0.1) is 12.7 Å². The summed E-state index contributed by atoms with van der Waals surface area (Å²) in [4.78, 5) is 11.7. The highest BCUT2D eigenvalue weighted by atomic mass is 19.1. The second-order valence-electron chi connectivity index (χ2n) is 4.14. The van der Waals surface area contributed by atoms with Gasteiger partial charge in [0.1, 0.15) is 12.4 Å². The molecular weight excluding hydrogens is 249 g/mol. The molecule has 0 bridgehead atoms. The zero-order valence-electron chi connectivity index (χ0n) is 10.4. The van der Waals surface area contributed by atoms with Gasteiger partial charge in [-0.1, -0.05) is 11.3 Å². The Hall–Kier alpha value is -2.28. The molecule has 7 heteroatoms. The molecule has 19 heavy (non-hydrogen) atoms. The minimum Gasteiger partial charge on any atom is -0.325 e. The maximum absolute atomic E-state index is 13.5. The zero-order chi connectivity index (χ0) is 13.8. The number of anilines is 1. The molecule has 2 aromatic rings. The van der Waals surface area contributed by atoms with Gasteiger partial charge in [-0.15, -0.1) is 5.10 Å². The zero-order valence-corrected chi connectivity index (χ0v) is 10.4. The third kappa shape index (κ3) is 3.35. The normalized spacial score (nSPS) is 10.5. The molecule has 0 spiro atoms. The van der Waals surface area contributed by atoms with Crippen molar-refractivity contribution in [3.8, 4) is 0 Å². The number of rotatable bonds is 4. The number of halogens is 1. The first-order chi connectivity index (χ1) is 9.08. The summed E-state index contributed by atoms with van der Waals surface area (Å²) in [6.45, 7) is 1.99. The molecule has 0 radical (unpaired) electrons. The fourth-order valence-corrected chi connectivity index (χ4v) is 1.57. The molecule has 0 atom stereocenters. The van der Waals surface area contributed by atoms with Crippen LogP contribution in [0.4, 0.5) is 10.1 Å². The van der Waals surface area contributed by atoms with Crippen LogP contribution in [0.3, 0.4) is 0 Å². The highest BCUT2D eigenvalue weighted by Gasteiger charge is 2.09. The van der Waals surface area contributed by atoms with Crippen molar-refractivity contribution in [2.75, 3.05) is 5.32 Å². The molecule has 0 fully saturated rings. The van der Waals surface area contributed by atoms with Crippen molar-refractivity contribution < 1.29 is 9.18 Å². The van der Waals surface area contributed by atoms with Crippen LogP contribution >= 0.6 is 0 Å². The third-order valence-electron chi connectivity index (χ3n) is 2.50. The van der Waals surface area contributed by atoms with Gasteiger partial charge in [0.05, 0.1) is 17.6 Å². The van der Waals surface area contributed by atoms with Crippen LogP contribution in [0.15, 0.2) is 24.4 Å². The van der Waals surface area contributed by atoms with E-state index in [0.717, 1.165) is 5.56 Å². The second-order valence-corrected chi connectivity index (χ2v) is 4.14. The molecule has 3 N–H and O–H groups in total. The van der Waals surface area contributed by atoms with Crippen LogP contribution in [0.25, 0.3) is 0 Å². The van der Waals surface area contributed by atoms with E-state index in [1.54, 1.807) is 19.2 Å². The Morgan fingerprint density at radius 3 is 2.95 bits per heavy atom. The monoisotopic (exact) mass is 263 g/mol. The molecular formula is C12H14FN5O. The number of hydrogen-bond acceptors (Lipinski definition) is 4. The quantitative estimate of drug-likeness (QED) is 0.855. The molecule has 0 aliphatic carbocycles. The smallest absolute Gasteiger partial charge is 0.246 e. The number of nitrogens with zero attached hydrogens (tertiary/aromatic N) is 3. The van der Waals surface area contributed by atoms with E-state index < -0.39 is 5.82 Å². The van der Waals surface area contributed by atoms with E-state index in [-0.39, 0.29) is 24.7 Å². The topological polar surface area (TPSA) is 85.8 Å². The molecule has 6 nitrogen and oxygen atoms in total. The average Bonchev–Trinajstić information content (AvgIpc) is 2.80. The number of carbonyl (C=O) groups excluding carboxylic acids is 1. The van der Waals surface area contributed by atoms with Crippen LogP contribution < -0.4 is 11.1 Å². The van der Waals surface area contributed by atoms with Crippen molar-refractivity contribution in [1.29, 1.82) is 0 Å². The Morgan fingerprint density at radius 1 is 1.53 bits per heavy atom. The van der Waals surface area contributed by atoms with E-state index in [1.807, 2.05) is 0 Å². The minimum absolute atomic E-state index is 0.0414. The largest absolute Gasteiger partial charge is 0.325 e. The number of aromatic nitrogens is 3. The summed E-state index contributed by atoms with van der Waals surface area (Å²) in [5.74, 6) is -0.842. The van der Waals surface area contributed by atoms with Crippen molar-refractivity contribution >= 4 is 11.6 Å². The number of nitrogens with one attached hydrogen (secondary N) is 1. The lowest BCUT2D eigenvalue weighted by molar-refractivity contribution is -0.116. The molecule has 0 saturated heterocycles. The summed E-state index contributed by atoms with van der Waals surface area (Å²) in [7, 11) is 0. The van der Waals surface area contributed by atoms with Gasteiger partial charge in [-0.3, -0.25) is 4.79 Å². The van der Waals surface area contributed by atoms with E-state index in [4.69, 9.17) is 5.73 Å². The molecule has 2 rings (SSSR count). The fraction of sp³-hybridized carbons (Fsp3) is 0.250. The lowest BCUT2D eigenvalue weighted by Gasteiger charge is -2.06. The van der Waals surface area contributed by atoms with Gasteiger partial charge >= 0.3 is 0 Å². The van der Waals surface area contributed by atoms with Gasteiger partial charge in [0.15, 0.2) is 0 Å². The van der Waals surface area contributed by atoms with Gasteiger partial charge < -0.3 is 11.1 Å². The Bertz CT molecular complexity index is 596. The lowest BCUT2D eigenvalue weighted by atomic mass is 10.2. The molecule has 1 amide bonds. The predicted octanol–water partition coefficient (Wildman–Crippen LogP) is 0.823. The van der Waals surface area contributed by atoms with Crippen LogP contribution in [-0.2, 0) is 17.9 Å². The highest BCUT2D eigenvalue weighted by molar-refractivity contribution is 5.90. The first kappa shape index (κ1) is 13.2. The highest BCUT2D eigenvalue weighted by Crippen LogP contribution is 2.15. The summed E-state index contributed by atoms with van der Waals surface area (Å²) >= 11 is 0. The number of amides is 1. The van der Waals surface area contributed by atoms with Crippen molar-refractivity contribution in [3.63, 3.8) is 0 Å². The summed E-state index contributed by atoms with van der Waals surface area (Å²) in [5, 5.41) is 9.97. The fourth-order valence-electron chi connectivity index (χ4n) is 1.57. The number of hydrogen-bond donors (Lipinski definition) is 2. The van der Waals surface area contributed by atoms with Crippen molar-refractivity contribution in [2.24, 2.45) is 5.73 Å². The van der Waals surface area contributed by atoms with Gasteiger partial charge in [-0.2, -0.15) is 0 Å². The Labute approximate surface area is 109 Å². The van der Waals surface area contributed by atoms with Gasteiger partial charge in [-0.05, 0) is 24.6 Å². The molecule has 0 unspecified atom stereocenters. The van der Waals surface area contributed by atoms with E-state index in [9.17, 15) is 9.18 Å². The van der Waals surface area contributed by atoms with Gasteiger partial charge in [0, 0.05) is 6.54 Å². The summed E-state index contributed by atoms with van der Waals surface area (Å²) < 4.78 is 14.9. The molecule has 0 aliphatic rings. The van der Waals surface area contributed by atoms with E-state index >= 15 is 0 Å². The Kier molecular flexibility index (Phi) is 3.86. The van der Waals surface area contributed by atoms with E-state index in [1.165, 1.54) is 16.8 Å². The van der Waals surface area contributed by atoms with Crippen LogP contribution in [0.1, 0.15) is 11.3 Å². The molecule has 100 valence electrons. The van der Waals surface area contributed by atoms with Crippen molar-refractivity contribution in [1.82, 2.24) is 15.0 Å². The van der Waals surface area contributed by atoms with Crippen LogP contribution in [-0.4, -0.2) is 20.9 Å². The number of aryl methyl sites for hydroxylation is 1. The summed E-state index contributed by atoms with van der Waals surface area (Å²) in [6.07, 6.45) is 1.57. The average molecular weight is 263 g/mol. The number of carbonyl (C=O) groups is 1. The van der Waals surface area contributed by atoms with Gasteiger partial charge in [0.2, 0.25) is 5.91 Å². The Morgan fingerprint density at radius 2 is 2.32 bits per heavy atom.